The molecule has 1 amide bonds. The molecule has 1 N–H and O–H groups in total. The minimum Gasteiger partial charge on any atom is -0.365 e. The van der Waals surface area contributed by atoms with Crippen LogP contribution in [0.3, 0.4) is 0 Å². The number of carbonyl (C=O) groups is 1. The molecule has 2 aromatic rings. The molecule has 7 nitrogen and oxygen atoms in total. The summed E-state index contributed by atoms with van der Waals surface area (Å²) in [5.74, 6) is 1.48. The Balaban J connectivity index is 1.29. The van der Waals surface area contributed by atoms with E-state index in [-0.39, 0.29) is 29.6 Å². The first-order valence-electron chi connectivity index (χ1n) is 11.0. The van der Waals surface area contributed by atoms with Gasteiger partial charge in [0.1, 0.15) is 17.7 Å². The lowest BCUT2D eigenvalue weighted by Crippen LogP contribution is -2.60. The molecule has 5 unspecified atom stereocenters. The van der Waals surface area contributed by atoms with Crippen LogP contribution in [0, 0.1) is 18.3 Å². The molecule has 164 valence electrons. The number of nitrogens with one attached hydrogen (secondary N) is 1. The first kappa shape index (κ1) is 19.9. The van der Waals surface area contributed by atoms with Crippen LogP contribution in [0.25, 0.3) is 0 Å². The molecule has 4 aliphatic rings. The van der Waals surface area contributed by atoms with Crippen molar-refractivity contribution in [2.45, 2.75) is 38.0 Å². The van der Waals surface area contributed by atoms with Crippen LogP contribution in [0.4, 0.5) is 5.82 Å². The number of anilines is 1. The Kier molecular flexibility index (Phi) is 4.44. The number of hydrogen-bond acceptors (Lipinski definition) is 6. The van der Waals surface area contributed by atoms with Crippen LogP contribution in [-0.2, 0) is 0 Å². The fourth-order valence-corrected chi connectivity index (χ4v) is 6.12. The Labute approximate surface area is 195 Å². The molecule has 2 aliphatic carbocycles. The number of rotatable bonds is 4. The summed E-state index contributed by atoms with van der Waals surface area (Å²) in [7, 11) is 1.98. The molecule has 0 aromatic carbocycles. The first-order valence-corrected chi connectivity index (χ1v) is 11.8. The van der Waals surface area contributed by atoms with E-state index in [2.05, 4.69) is 36.1 Å². The second-order valence-electron chi connectivity index (χ2n) is 9.42. The molecule has 5 atom stereocenters. The van der Waals surface area contributed by atoms with Gasteiger partial charge in [-0.25, -0.2) is 9.97 Å². The molecule has 3 fully saturated rings. The van der Waals surface area contributed by atoms with Crippen LogP contribution in [0.1, 0.15) is 40.8 Å². The number of aromatic nitrogens is 2. The second kappa shape index (κ2) is 7.13. The average Bonchev–Trinajstić information content (AvgIpc) is 3.43. The molecule has 2 aliphatic heterocycles. The Bertz CT molecular complexity index is 1150. The van der Waals surface area contributed by atoms with Crippen LogP contribution >= 0.6 is 15.9 Å². The van der Waals surface area contributed by atoms with Crippen LogP contribution in [0.15, 0.2) is 52.2 Å². The minimum atomic E-state index is -0.236. The highest BCUT2D eigenvalue weighted by atomic mass is 79.9. The number of nitrogens with zero attached hydrogens (tertiary/aromatic N) is 5. The number of carbonyl (C=O) groups excluding carboxylic acids is 1. The molecular weight excluding hydrogens is 468 g/mol. The van der Waals surface area contributed by atoms with Gasteiger partial charge in [0.2, 0.25) is 0 Å². The van der Waals surface area contributed by atoms with Gasteiger partial charge < -0.3 is 15.1 Å². The maximum atomic E-state index is 13.9. The average molecular weight is 493 g/mol. The van der Waals surface area contributed by atoms with Crippen molar-refractivity contribution < 1.29 is 4.79 Å². The zero-order valence-electron chi connectivity index (χ0n) is 18.1. The largest absolute Gasteiger partial charge is 0.365 e. The van der Waals surface area contributed by atoms with Crippen molar-refractivity contribution in [1.29, 1.82) is 0 Å². The lowest BCUT2D eigenvalue weighted by atomic mass is 9.71. The normalized spacial score (nSPS) is 31.7. The lowest BCUT2D eigenvalue weighted by molar-refractivity contribution is 0.0463. The van der Waals surface area contributed by atoms with E-state index in [0.29, 0.717) is 11.6 Å². The van der Waals surface area contributed by atoms with E-state index in [1.54, 1.807) is 12.4 Å². The predicted molar refractivity (Wildman–Crippen MR) is 126 cm³/mol. The van der Waals surface area contributed by atoms with Gasteiger partial charge >= 0.3 is 0 Å². The standard InChI is InChI=1S/C24H25BrN6O/c1-14-4-6-17(22-26-8-3-9-30(22)2)20(28-14)23(32)31-13-15-10-24(15)11-18(21(24)31)29-19-7-5-16(25)12-27-19/h3-9,12,15,18,21-22H,10-11,13H2,1-2H3,(H,27,29). The highest BCUT2D eigenvalue weighted by Gasteiger charge is 2.75. The number of aliphatic imine (C=N–C) groups is 1. The van der Waals surface area contributed by atoms with Gasteiger partial charge in [-0.3, -0.25) is 9.79 Å². The third-order valence-corrected chi connectivity index (χ3v) is 7.96. The van der Waals surface area contributed by atoms with Gasteiger partial charge in [-0.05, 0) is 71.3 Å². The summed E-state index contributed by atoms with van der Waals surface area (Å²) >= 11 is 3.44. The van der Waals surface area contributed by atoms with Crippen LogP contribution in [0.2, 0.25) is 0 Å². The topological polar surface area (TPSA) is 73.7 Å². The van der Waals surface area contributed by atoms with E-state index >= 15 is 0 Å². The summed E-state index contributed by atoms with van der Waals surface area (Å²) in [6, 6.07) is 8.33. The van der Waals surface area contributed by atoms with Crippen molar-refractivity contribution in [2.24, 2.45) is 16.3 Å². The molecule has 1 spiro atoms. The molecule has 2 saturated carbocycles. The quantitative estimate of drug-likeness (QED) is 0.702. The van der Waals surface area contributed by atoms with Crippen molar-refractivity contribution >= 4 is 33.9 Å². The van der Waals surface area contributed by atoms with E-state index in [1.165, 1.54) is 6.42 Å². The van der Waals surface area contributed by atoms with Gasteiger partial charge in [-0.15, -0.1) is 0 Å². The number of halogens is 1. The maximum absolute atomic E-state index is 13.9. The van der Waals surface area contributed by atoms with Gasteiger partial charge in [0.15, 0.2) is 0 Å². The second-order valence-corrected chi connectivity index (χ2v) is 10.3. The fourth-order valence-electron chi connectivity index (χ4n) is 5.88. The molecule has 32 heavy (non-hydrogen) atoms. The van der Waals surface area contributed by atoms with Gasteiger partial charge in [-0.2, -0.15) is 0 Å². The number of aryl methyl sites for hydroxylation is 1. The molecule has 2 aromatic heterocycles. The number of amides is 1. The van der Waals surface area contributed by atoms with Gasteiger partial charge in [0.25, 0.3) is 5.91 Å². The van der Waals surface area contributed by atoms with Crippen molar-refractivity contribution in [3.63, 3.8) is 0 Å². The van der Waals surface area contributed by atoms with Crippen LogP contribution < -0.4 is 5.32 Å². The monoisotopic (exact) mass is 492 g/mol. The summed E-state index contributed by atoms with van der Waals surface area (Å²) < 4.78 is 0.955. The Hall–Kier alpha value is -2.74. The fraction of sp³-hybridized carbons (Fsp3) is 0.417. The zero-order valence-corrected chi connectivity index (χ0v) is 19.7. The van der Waals surface area contributed by atoms with Crippen molar-refractivity contribution in [3.05, 3.63) is 64.2 Å². The third kappa shape index (κ3) is 2.99. The Morgan fingerprint density at radius 2 is 2.12 bits per heavy atom. The van der Waals surface area contributed by atoms with E-state index in [9.17, 15) is 4.79 Å². The summed E-state index contributed by atoms with van der Waals surface area (Å²) in [6.45, 7) is 2.75. The minimum absolute atomic E-state index is 0.0219. The highest BCUT2D eigenvalue weighted by Crippen LogP contribution is 2.71. The third-order valence-electron chi connectivity index (χ3n) is 7.49. The summed E-state index contributed by atoms with van der Waals surface area (Å²) in [4.78, 5) is 31.8. The maximum Gasteiger partial charge on any atom is 0.273 e. The Morgan fingerprint density at radius 3 is 2.91 bits per heavy atom. The molecule has 1 saturated heterocycles. The van der Waals surface area contributed by atoms with E-state index < -0.39 is 0 Å². The van der Waals surface area contributed by atoms with Crippen molar-refractivity contribution in [3.8, 4) is 0 Å². The van der Waals surface area contributed by atoms with Gasteiger partial charge in [-0.1, -0.05) is 6.07 Å². The van der Waals surface area contributed by atoms with Crippen LogP contribution in [-0.4, -0.2) is 57.6 Å². The summed E-state index contributed by atoms with van der Waals surface area (Å²) in [6.07, 6.45) is 9.55. The molecule has 4 heterocycles. The summed E-state index contributed by atoms with van der Waals surface area (Å²) in [5, 5.41) is 3.57. The number of hydrogen-bond donors (Lipinski definition) is 1. The van der Waals surface area contributed by atoms with Gasteiger partial charge in [0.05, 0.1) is 6.04 Å². The molecule has 8 heteroatoms. The SMILES string of the molecule is Cc1ccc(C2N=CC=CN2C)c(C(=O)N2CC3CC34CC(Nc3ccc(Br)cn3)C24)n1. The predicted octanol–water partition coefficient (Wildman–Crippen LogP) is 3.79. The number of allylic oxidation sites excluding steroid dienone is 1. The van der Waals surface area contributed by atoms with E-state index in [1.807, 2.05) is 55.4 Å². The number of piperidine rings is 1. The highest BCUT2D eigenvalue weighted by molar-refractivity contribution is 9.10. The van der Waals surface area contributed by atoms with Crippen molar-refractivity contribution in [1.82, 2.24) is 19.8 Å². The first-order chi connectivity index (χ1) is 15.5. The van der Waals surface area contributed by atoms with E-state index in [4.69, 9.17) is 4.98 Å². The molecule has 0 bridgehead atoms. The van der Waals surface area contributed by atoms with E-state index in [0.717, 1.165) is 34.5 Å². The molecule has 6 rings (SSSR count). The summed E-state index contributed by atoms with van der Waals surface area (Å²) in [5.41, 5.74) is 2.52. The Morgan fingerprint density at radius 1 is 1.25 bits per heavy atom. The van der Waals surface area contributed by atoms with Gasteiger partial charge in [0, 0.05) is 54.0 Å². The number of pyridine rings is 2. The molecule has 0 radical (unpaired) electrons. The zero-order chi connectivity index (χ0) is 22.0. The lowest BCUT2D eigenvalue weighted by Gasteiger charge is -2.48. The smallest absolute Gasteiger partial charge is 0.273 e. The number of likely N-dealkylation sites (tertiary alicyclic amines) is 1. The molecular formula is C24H25BrN6O. The van der Waals surface area contributed by atoms with Crippen molar-refractivity contribution in [2.75, 3.05) is 18.9 Å². The van der Waals surface area contributed by atoms with Crippen LogP contribution in [0.5, 0.6) is 0 Å².